The zero-order valence-corrected chi connectivity index (χ0v) is 17.3. The first-order valence-electron chi connectivity index (χ1n) is 8.29. The molecule has 3 rings (SSSR count). The van der Waals surface area contributed by atoms with E-state index >= 15 is 0 Å². The van der Waals surface area contributed by atoms with Crippen LogP contribution in [0.2, 0.25) is 5.02 Å². The Balaban J connectivity index is 1.72. The van der Waals surface area contributed by atoms with Crippen molar-refractivity contribution in [2.24, 2.45) is 5.92 Å². The van der Waals surface area contributed by atoms with Gasteiger partial charge in [0.25, 0.3) is 0 Å². The lowest BCUT2D eigenvalue weighted by molar-refractivity contribution is -0.120. The van der Waals surface area contributed by atoms with Crippen LogP contribution in [0.1, 0.15) is 12.8 Å². The van der Waals surface area contributed by atoms with Crippen molar-refractivity contribution in [3.8, 4) is 0 Å². The molecule has 0 bridgehead atoms. The molecule has 1 aliphatic heterocycles. The SMILES string of the molecule is O=C(Nc1ccc(F)c(Cl)c1)[C@H]1CCCN(S(=O)(=O)c2ccc(Br)cc2)C1. The third-order valence-corrected chi connectivity index (χ3v) is 7.09. The molecule has 2 aromatic carbocycles. The molecular formula is C18H17BrClFN2O3S. The maximum atomic E-state index is 13.2. The maximum absolute atomic E-state index is 13.2. The first-order valence-corrected chi connectivity index (χ1v) is 10.9. The predicted molar refractivity (Wildman–Crippen MR) is 106 cm³/mol. The number of hydrogen-bond acceptors (Lipinski definition) is 3. The Morgan fingerprint density at radius 3 is 2.59 bits per heavy atom. The molecule has 0 saturated carbocycles. The number of halogens is 3. The number of piperidine rings is 1. The van der Waals surface area contributed by atoms with Gasteiger partial charge in [0.05, 0.1) is 15.8 Å². The summed E-state index contributed by atoms with van der Waals surface area (Å²) in [5, 5.41) is 2.59. The summed E-state index contributed by atoms with van der Waals surface area (Å²) in [5.74, 6) is -1.37. The largest absolute Gasteiger partial charge is 0.326 e. The molecule has 0 radical (unpaired) electrons. The van der Waals surface area contributed by atoms with Crippen LogP contribution in [0, 0.1) is 11.7 Å². The van der Waals surface area contributed by atoms with E-state index in [2.05, 4.69) is 21.2 Å². The molecule has 0 aliphatic carbocycles. The molecule has 2 aromatic rings. The Labute approximate surface area is 170 Å². The van der Waals surface area contributed by atoms with Crippen LogP contribution in [-0.4, -0.2) is 31.7 Å². The normalized spacial score (nSPS) is 18.3. The lowest BCUT2D eigenvalue weighted by Crippen LogP contribution is -2.43. The Hall–Kier alpha value is -1.48. The number of amides is 1. The van der Waals surface area contributed by atoms with Crippen molar-refractivity contribution in [1.82, 2.24) is 4.31 Å². The highest BCUT2D eigenvalue weighted by atomic mass is 79.9. The van der Waals surface area contributed by atoms with Crippen LogP contribution in [0.25, 0.3) is 0 Å². The average Bonchev–Trinajstić information content (AvgIpc) is 2.65. The third kappa shape index (κ3) is 4.68. The van der Waals surface area contributed by atoms with Crippen molar-refractivity contribution in [3.63, 3.8) is 0 Å². The van der Waals surface area contributed by atoms with E-state index in [4.69, 9.17) is 11.6 Å². The summed E-state index contributed by atoms with van der Waals surface area (Å²) in [7, 11) is -3.67. The molecule has 1 saturated heterocycles. The number of benzene rings is 2. The predicted octanol–water partition coefficient (Wildman–Crippen LogP) is 4.28. The van der Waals surface area contributed by atoms with Crippen molar-refractivity contribution >= 4 is 49.1 Å². The second-order valence-electron chi connectivity index (χ2n) is 6.27. The Bertz CT molecular complexity index is 954. The molecule has 1 fully saturated rings. The minimum atomic E-state index is -3.67. The molecule has 5 nitrogen and oxygen atoms in total. The number of rotatable bonds is 4. The van der Waals surface area contributed by atoms with Crippen molar-refractivity contribution in [2.45, 2.75) is 17.7 Å². The summed E-state index contributed by atoms with van der Waals surface area (Å²) in [4.78, 5) is 12.7. The Morgan fingerprint density at radius 1 is 1.22 bits per heavy atom. The molecule has 1 amide bonds. The summed E-state index contributed by atoms with van der Waals surface area (Å²) in [5.41, 5.74) is 0.374. The summed E-state index contributed by atoms with van der Waals surface area (Å²) < 4.78 is 41.0. The number of nitrogens with zero attached hydrogens (tertiary/aromatic N) is 1. The van der Waals surface area contributed by atoms with E-state index in [0.717, 1.165) is 4.47 Å². The lowest BCUT2D eigenvalue weighted by atomic mass is 9.99. The van der Waals surface area contributed by atoms with Crippen LogP contribution in [0.15, 0.2) is 51.8 Å². The van der Waals surface area contributed by atoms with Crippen LogP contribution >= 0.6 is 27.5 Å². The number of hydrogen-bond donors (Lipinski definition) is 1. The molecule has 1 N–H and O–H groups in total. The molecule has 1 aliphatic rings. The minimum absolute atomic E-state index is 0.0871. The van der Waals surface area contributed by atoms with Crippen molar-refractivity contribution in [1.29, 1.82) is 0 Å². The Morgan fingerprint density at radius 2 is 1.93 bits per heavy atom. The lowest BCUT2D eigenvalue weighted by Gasteiger charge is -2.31. The molecule has 0 unspecified atom stereocenters. The van der Waals surface area contributed by atoms with Crippen molar-refractivity contribution in [3.05, 3.63) is 57.8 Å². The van der Waals surface area contributed by atoms with Gasteiger partial charge in [-0.1, -0.05) is 27.5 Å². The second-order valence-corrected chi connectivity index (χ2v) is 9.54. The molecule has 0 spiro atoms. The summed E-state index contributed by atoms with van der Waals surface area (Å²) in [6.07, 6.45) is 1.16. The first kappa shape index (κ1) is 20.3. The summed E-state index contributed by atoms with van der Waals surface area (Å²) >= 11 is 9.01. The summed E-state index contributed by atoms with van der Waals surface area (Å²) in [6.45, 7) is 0.462. The van der Waals surface area contributed by atoms with Crippen LogP contribution in [-0.2, 0) is 14.8 Å². The monoisotopic (exact) mass is 474 g/mol. The first-order chi connectivity index (χ1) is 12.8. The van der Waals surface area contributed by atoms with E-state index in [1.165, 1.54) is 34.6 Å². The molecule has 144 valence electrons. The van der Waals surface area contributed by atoms with Gasteiger partial charge in [-0.2, -0.15) is 4.31 Å². The third-order valence-electron chi connectivity index (χ3n) is 4.39. The van der Waals surface area contributed by atoms with E-state index in [1.807, 2.05) is 0 Å². The molecule has 1 atom stereocenters. The average molecular weight is 476 g/mol. The van der Waals surface area contributed by atoms with E-state index in [9.17, 15) is 17.6 Å². The second kappa shape index (κ2) is 8.26. The number of nitrogens with one attached hydrogen (secondary N) is 1. The highest BCUT2D eigenvalue weighted by molar-refractivity contribution is 9.10. The minimum Gasteiger partial charge on any atom is -0.326 e. The number of anilines is 1. The fourth-order valence-electron chi connectivity index (χ4n) is 2.95. The summed E-state index contributed by atoms with van der Waals surface area (Å²) in [6, 6.07) is 10.3. The maximum Gasteiger partial charge on any atom is 0.243 e. The molecule has 9 heteroatoms. The van der Waals surface area contributed by atoms with Crippen molar-refractivity contribution in [2.75, 3.05) is 18.4 Å². The van der Waals surface area contributed by atoms with Crippen LogP contribution in [0.4, 0.5) is 10.1 Å². The highest BCUT2D eigenvalue weighted by Gasteiger charge is 2.33. The van der Waals surface area contributed by atoms with Gasteiger partial charge in [0.2, 0.25) is 15.9 Å². The fraction of sp³-hybridized carbons (Fsp3) is 0.278. The van der Waals surface area contributed by atoms with Gasteiger partial charge in [0, 0.05) is 23.2 Å². The van der Waals surface area contributed by atoms with Crippen LogP contribution < -0.4 is 5.32 Å². The van der Waals surface area contributed by atoms with E-state index in [-0.39, 0.29) is 22.4 Å². The number of sulfonamides is 1. The standard InChI is InChI=1S/C18H17BrClFN2O3S/c19-13-3-6-15(7-4-13)27(25,26)23-9-1-2-12(11-23)18(24)22-14-5-8-17(21)16(20)10-14/h3-8,10,12H,1-2,9,11H2,(H,22,24)/t12-/m0/s1. The molecule has 1 heterocycles. The van der Waals surface area contributed by atoms with Gasteiger partial charge in [-0.25, -0.2) is 12.8 Å². The highest BCUT2D eigenvalue weighted by Crippen LogP contribution is 2.26. The van der Waals surface area contributed by atoms with Gasteiger partial charge in [-0.15, -0.1) is 0 Å². The quantitative estimate of drug-likeness (QED) is 0.718. The van der Waals surface area contributed by atoms with Gasteiger partial charge < -0.3 is 5.32 Å². The topological polar surface area (TPSA) is 66.5 Å². The fourth-order valence-corrected chi connectivity index (χ4v) is 4.92. The molecule has 27 heavy (non-hydrogen) atoms. The van der Waals surface area contributed by atoms with E-state index in [0.29, 0.717) is 25.1 Å². The van der Waals surface area contributed by atoms with Gasteiger partial charge in [-0.3, -0.25) is 4.79 Å². The molecule has 0 aromatic heterocycles. The van der Waals surface area contributed by atoms with Crippen molar-refractivity contribution < 1.29 is 17.6 Å². The van der Waals surface area contributed by atoms with Gasteiger partial charge >= 0.3 is 0 Å². The van der Waals surface area contributed by atoms with E-state index < -0.39 is 21.8 Å². The van der Waals surface area contributed by atoms with Gasteiger partial charge in [-0.05, 0) is 55.3 Å². The smallest absolute Gasteiger partial charge is 0.243 e. The van der Waals surface area contributed by atoms with Crippen LogP contribution in [0.5, 0.6) is 0 Å². The molecular weight excluding hydrogens is 459 g/mol. The zero-order valence-electron chi connectivity index (χ0n) is 14.2. The zero-order chi connectivity index (χ0) is 19.6. The number of carbonyl (C=O) groups is 1. The van der Waals surface area contributed by atoms with Gasteiger partial charge in [0.1, 0.15) is 5.82 Å². The Kier molecular flexibility index (Phi) is 6.20. The number of carbonyl (C=O) groups excluding carboxylic acids is 1. The van der Waals surface area contributed by atoms with E-state index in [1.54, 1.807) is 12.1 Å². The van der Waals surface area contributed by atoms with Gasteiger partial charge in [0.15, 0.2) is 0 Å². The van der Waals surface area contributed by atoms with Crippen LogP contribution in [0.3, 0.4) is 0 Å².